The third-order valence-electron chi connectivity index (χ3n) is 4.42. The van der Waals surface area contributed by atoms with E-state index in [0.29, 0.717) is 5.69 Å². The minimum Gasteiger partial charge on any atom is -0.356 e. The van der Waals surface area contributed by atoms with Gasteiger partial charge in [0.1, 0.15) is 17.6 Å². The molecule has 1 atom stereocenters. The van der Waals surface area contributed by atoms with E-state index in [1.54, 1.807) is 6.07 Å². The van der Waals surface area contributed by atoms with Gasteiger partial charge in [-0.1, -0.05) is 12.5 Å². The lowest BCUT2D eigenvalue weighted by molar-refractivity contribution is 0.201. The quantitative estimate of drug-likeness (QED) is 0.845. The zero-order valence-corrected chi connectivity index (χ0v) is 12.0. The van der Waals surface area contributed by atoms with E-state index in [-0.39, 0.29) is 0 Å². The van der Waals surface area contributed by atoms with Gasteiger partial charge in [-0.25, -0.2) is 4.98 Å². The van der Waals surface area contributed by atoms with Crippen molar-refractivity contribution in [2.24, 2.45) is 5.92 Å². The molecule has 4 nitrogen and oxygen atoms in total. The Morgan fingerprint density at radius 2 is 2.05 bits per heavy atom. The van der Waals surface area contributed by atoms with Gasteiger partial charge >= 0.3 is 0 Å². The van der Waals surface area contributed by atoms with Crippen LogP contribution in [0, 0.1) is 17.2 Å². The molecule has 0 radical (unpaired) electrons. The minimum absolute atomic E-state index is 0.516. The van der Waals surface area contributed by atoms with Crippen LogP contribution in [-0.2, 0) is 0 Å². The van der Waals surface area contributed by atoms with Crippen LogP contribution >= 0.6 is 0 Å². The highest BCUT2D eigenvalue weighted by molar-refractivity contribution is 5.42. The number of pyridine rings is 1. The maximum atomic E-state index is 8.94. The molecule has 0 amide bonds. The fourth-order valence-corrected chi connectivity index (χ4v) is 3.36. The Labute approximate surface area is 121 Å². The molecule has 3 rings (SSSR count). The lowest BCUT2D eigenvalue weighted by Gasteiger charge is -2.29. The number of hydrogen-bond acceptors (Lipinski definition) is 4. The molecular formula is C16H22N4. The van der Waals surface area contributed by atoms with Crippen molar-refractivity contribution in [1.82, 2.24) is 9.88 Å². The Morgan fingerprint density at radius 1 is 1.20 bits per heavy atom. The summed E-state index contributed by atoms with van der Waals surface area (Å²) in [6.07, 6.45) is 5.37. The molecular weight excluding hydrogens is 248 g/mol. The summed E-state index contributed by atoms with van der Waals surface area (Å²) < 4.78 is 0. The number of rotatable bonds is 3. The van der Waals surface area contributed by atoms with Crippen molar-refractivity contribution in [3.63, 3.8) is 0 Å². The molecule has 0 saturated carbocycles. The summed E-state index contributed by atoms with van der Waals surface area (Å²) >= 11 is 0. The van der Waals surface area contributed by atoms with Crippen molar-refractivity contribution in [3.05, 3.63) is 23.9 Å². The topological polar surface area (TPSA) is 43.2 Å². The Kier molecular flexibility index (Phi) is 4.17. The van der Waals surface area contributed by atoms with Crippen molar-refractivity contribution in [2.45, 2.75) is 25.7 Å². The maximum Gasteiger partial charge on any atom is 0.142 e. The second-order valence-electron chi connectivity index (χ2n) is 5.95. The van der Waals surface area contributed by atoms with Crippen LogP contribution in [0.1, 0.15) is 31.4 Å². The second kappa shape index (κ2) is 6.23. The molecule has 20 heavy (non-hydrogen) atoms. The Bertz CT molecular complexity index is 487. The summed E-state index contributed by atoms with van der Waals surface area (Å²) in [7, 11) is 0. The standard InChI is InChI=1S/C16H22N4/c17-11-15-5-4-6-16(18-15)20-10-7-14(13-20)12-19-8-2-1-3-9-19/h4-6,14H,1-3,7-10,12-13H2. The fourth-order valence-electron chi connectivity index (χ4n) is 3.36. The average Bonchev–Trinajstić information content (AvgIpc) is 2.97. The first kappa shape index (κ1) is 13.4. The number of anilines is 1. The van der Waals surface area contributed by atoms with E-state index in [9.17, 15) is 0 Å². The van der Waals surface area contributed by atoms with Crippen LogP contribution in [0.2, 0.25) is 0 Å². The summed E-state index contributed by atoms with van der Waals surface area (Å²) in [6.45, 7) is 5.94. The molecule has 2 aliphatic rings. The largest absolute Gasteiger partial charge is 0.356 e. The first-order valence-electron chi connectivity index (χ1n) is 7.69. The number of nitrogens with zero attached hydrogens (tertiary/aromatic N) is 4. The van der Waals surface area contributed by atoms with Crippen molar-refractivity contribution >= 4 is 5.82 Å². The SMILES string of the molecule is N#Cc1cccc(N2CCC(CN3CCCCC3)C2)n1. The normalized spacial score (nSPS) is 23.8. The molecule has 1 aromatic heterocycles. The molecule has 0 spiro atoms. The predicted molar refractivity (Wildman–Crippen MR) is 79.6 cm³/mol. The van der Waals surface area contributed by atoms with Crippen molar-refractivity contribution < 1.29 is 0 Å². The fraction of sp³-hybridized carbons (Fsp3) is 0.625. The molecule has 0 aliphatic carbocycles. The number of hydrogen-bond donors (Lipinski definition) is 0. The molecule has 3 heterocycles. The third kappa shape index (κ3) is 3.10. The smallest absolute Gasteiger partial charge is 0.142 e. The Hall–Kier alpha value is -1.60. The number of aromatic nitrogens is 1. The zero-order chi connectivity index (χ0) is 13.8. The first-order chi connectivity index (χ1) is 9.85. The molecule has 1 unspecified atom stereocenters. The van der Waals surface area contributed by atoms with E-state index in [0.717, 1.165) is 24.8 Å². The van der Waals surface area contributed by atoms with Gasteiger partial charge in [0.05, 0.1) is 0 Å². The van der Waals surface area contributed by atoms with Gasteiger partial charge in [-0.3, -0.25) is 0 Å². The highest BCUT2D eigenvalue weighted by Gasteiger charge is 2.25. The van der Waals surface area contributed by atoms with E-state index < -0.39 is 0 Å². The van der Waals surface area contributed by atoms with Crippen molar-refractivity contribution in [2.75, 3.05) is 37.6 Å². The predicted octanol–water partition coefficient (Wildman–Crippen LogP) is 2.27. The van der Waals surface area contributed by atoms with Gasteiger partial charge in [0.15, 0.2) is 0 Å². The van der Waals surface area contributed by atoms with Gasteiger partial charge in [-0.15, -0.1) is 0 Å². The monoisotopic (exact) mass is 270 g/mol. The van der Waals surface area contributed by atoms with E-state index >= 15 is 0 Å². The van der Waals surface area contributed by atoms with Crippen LogP contribution in [-0.4, -0.2) is 42.6 Å². The molecule has 2 saturated heterocycles. The molecule has 1 aromatic rings. The molecule has 2 fully saturated rings. The highest BCUT2D eigenvalue weighted by atomic mass is 15.2. The van der Waals surface area contributed by atoms with Gasteiger partial charge < -0.3 is 9.80 Å². The van der Waals surface area contributed by atoms with Gasteiger partial charge in [0.2, 0.25) is 0 Å². The van der Waals surface area contributed by atoms with E-state index in [4.69, 9.17) is 5.26 Å². The average molecular weight is 270 g/mol. The summed E-state index contributed by atoms with van der Waals surface area (Å²) in [5.74, 6) is 1.71. The summed E-state index contributed by atoms with van der Waals surface area (Å²) in [4.78, 5) is 9.36. The second-order valence-corrected chi connectivity index (χ2v) is 5.95. The molecule has 0 bridgehead atoms. The summed E-state index contributed by atoms with van der Waals surface area (Å²) in [6, 6.07) is 7.84. The Morgan fingerprint density at radius 3 is 2.85 bits per heavy atom. The Balaban J connectivity index is 1.57. The van der Waals surface area contributed by atoms with Crippen molar-refractivity contribution in [1.29, 1.82) is 5.26 Å². The van der Waals surface area contributed by atoms with E-state index in [2.05, 4.69) is 20.9 Å². The van der Waals surface area contributed by atoms with E-state index in [1.807, 2.05) is 12.1 Å². The van der Waals surface area contributed by atoms with Gasteiger partial charge in [-0.05, 0) is 50.4 Å². The van der Waals surface area contributed by atoms with Crippen LogP contribution in [0.5, 0.6) is 0 Å². The lowest BCUT2D eigenvalue weighted by Crippen LogP contribution is -2.35. The number of piperidine rings is 1. The van der Waals surface area contributed by atoms with Gasteiger partial charge in [0, 0.05) is 19.6 Å². The summed E-state index contributed by atoms with van der Waals surface area (Å²) in [5.41, 5.74) is 0.516. The van der Waals surface area contributed by atoms with Crippen LogP contribution in [0.25, 0.3) is 0 Å². The molecule has 4 heteroatoms. The van der Waals surface area contributed by atoms with Gasteiger partial charge in [0.25, 0.3) is 0 Å². The molecule has 106 valence electrons. The molecule has 0 N–H and O–H groups in total. The van der Waals surface area contributed by atoms with Crippen molar-refractivity contribution in [3.8, 4) is 6.07 Å². The van der Waals surface area contributed by atoms with E-state index in [1.165, 1.54) is 45.3 Å². The summed E-state index contributed by atoms with van der Waals surface area (Å²) in [5, 5.41) is 8.94. The number of likely N-dealkylation sites (tertiary alicyclic amines) is 1. The van der Waals surface area contributed by atoms with Crippen LogP contribution in [0.4, 0.5) is 5.82 Å². The third-order valence-corrected chi connectivity index (χ3v) is 4.42. The highest BCUT2D eigenvalue weighted by Crippen LogP contribution is 2.24. The molecule has 2 aliphatic heterocycles. The first-order valence-corrected chi connectivity index (χ1v) is 7.69. The van der Waals surface area contributed by atoms with Crippen LogP contribution < -0.4 is 4.90 Å². The van der Waals surface area contributed by atoms with Crippen LogP contribution in [0.3, 0.4) is 0 Å². The zero-order valence-electron chi connectivity index (χ0n) is 12.0. The maximum absolute atomic E-state index is 8.94. The molecule has 0 aromatic carbocycles. The lowest BCUT2D eigenvalue weighted by atomic mass is 10.1. The minimum atomic E-state index is 0.516. The van der Waals surface area contributed by atoms with Crippen LogP contribution in [0.15, 0.2) is 18.2 Å². The van der Waals surface area contributed by atoms with Gasteiger partial charge in [-0.2, -0.15) is 5.26 Å². The number of nitriles is 1.